The van der Waals surface area contributed by atoms with Gasteiger partial charge in [-0.2, -0.15) is 0 Å². The van der Waals surface area contributed by atoms with Crippen molar-refractivity contribution in [1.29, 1.82) is 0 Å². The van der Waals surface area contributed by atoms with Crippen molar-refractivity contribution in [2.75, 3.05) is 19.8 Å². The van der Waals surface area contributed by atoms with Crippen LogP contribution in [0.4, 0.5) is 0 Å². The van der Waals surface area contributed by atoms with Gasteiger partial charge in [0.2, 0.25) is 0 Å². The molecule has 0 heterocycles. The molecule has 1 unspecified atom stereocenters. The van der Waals surface area contributed by atoms with Gasteiger partial charge in [0, 0.05) is 13.2 Å². The van der Waals surface area contributed by atoms with E-state index in [0.717, 1.165) is 26.2 Å². The maximum atomic E-state index is 6.09. The van der Waals surface area contributed by atoms with Crippen molar-refractivity contribution < 1.29 is 9.47 Å². The van der Waals surface area contributed by atoms with Crippen molar-refractivity contribution in [3.8, 4) is 0 Å². The predicted molar refractivity (Wildman–Crippen MR) is 162 cm³/mol. The van der Waals surface area contributed by atoms with Gasteiger partial charge in [-0.05, 0) is 19.3 Å². The first-order chi connectivity index (χ1) is 17.8. The summed E-state index contributed by atoms with van der Waals surface area (Å²) in [7, 11) is 0. The SMILES string of the molecule is CCCCCCCCCCCCCCCOCC(CC)OCCCCCCCCCCCCCCC. The molecule has 0 saturated heterocycles. The summed E-state index contributed by atoms with van der Waals surface area (Å²) in [5, 5.41) is 0. The van der Waals surface area contributed by atoms with E-state index in [-0.39, 0.29) is 0 Å². The van der Waals surface area contributed by atoms with E-state index in [1.165, 1.54) is 167 Å². The summed E-state index contributed by atoms with van der Waals surface area (Å²) in [5.41, 5.74) is 0. The van der Waals surface area contributed by atoms with Gasteiger partial charge in [-0.15, -0.1) is 0 Å². The second-order valence-corrected chi connectivity index (χ2v) is 11.5. The van der Waals surface area contributed by atoms with E-state index in [2.05, 4.69) is 20.8 Å². The Morgan fingerprint density at radius 1 is 0.361 bits per heavy atom. The van der Waals surface area contributed by atoms with Gasteiger partial charge in [-0.1, -0.05) is 175 Å². The van der Waals surface area contributed by atoms with Crippen molar-refractivity contribution in [2.24, 2.45) is 0 Å². The third-order valence-corrected chi connectivity index (χ3v) is 7.75. The summed E-state index contributed by atoms with van der Waals surface area (Å²) in [6.07, 6.45) is 37.9. The average molecular weight is 511 g/mol. The van der Waals surface area contributed by atoms with Crippen molar-refractivity contribution >= 4 is 0 Å². The third kappa shape index (κ3) is 30.1. The molecule has 1 atom stereocenters. The first kappa shape index (κ1) is 35.9. The number of hydrogen-bond donors (Lipinski definition) is 0. The van der Waals surface area contributed by atoms with Crippen LogP contribution in [-0.2, 0) is 9.47 Å². The van der Waals surface area contributed by atoms with Crippen LogP contribution >= 0.6 is 0 Å². The van der Waals surface area contributed by atoms with Gasteiger partial charge in [0.25, 0.3) is 0 Å². The molecule has 0 N–H and O–H groups in total. The molecule has 0 saturated carbocycles. The summed E-state index contributed by atoms with van der Waals surface area (Å²) in [6.45, 7) is 9.43. The zero-order valence-electron chi connectivity index (χ0n) is 25.6. The summed E-state index contributed by atoms with van der Waals surface area (Å²) in [5.74, 6) is 0. The van der Waals surface area contributed by atoms with Crippen LogP contribution in [0.5, 0.6) is 0 Å². The maximum Gasteiger partial charge on any atom is 0.0805 e. The first-order valence-electron chi connectivity index (χ1n) is 17.0. The second-order valence-electron chi connectivity index (χ2n) is 11.5. The molecule has 0 aliphatic rings. The summed E-state index contributed by atoms with van der Waals surface area (Å²) < 4.78 is 12.0. The van der Waals surface area contributed by atoms with Gasteiger partial charge < -0.3 is 9.47 Å². The quantitative estimate of drug-likeness (QED) is 0.0837. The minimum absolute atomic E-state index is 0.296. The lowest BCUT2D eigenvalue weighted by molar-refractivity contribution is -0.0200. The van der Waals surface area contributed by atoms with Crippen molar-refractivity contribution in [3.63, 3.8) is 0 Å². The lowest BCUT2D eigenvalue weighted by Gasteiger charge is -2.16. The molecule has 0 fully saturated rings. The lowest BCUT2D eigenvalue weighted by atomic mass is 10.0. The van der Waals surface area contributed by atoms with Crippen LogP contribution in [0.2, 0.25) is 0 Å². The lowest BCUT2D eigenvalue weighted by Crippen LogP contribution is -2.20. The Labute approximate surface area is 229 Å². The van der Waals surface area contributed by atoms with E-state index in [4.69, 9.17) is 9.47 Å². The van der Waals surface area contributed by atoms with Crippen LogP contribution in [0.25, 0.3) is 0 Å². The molecule has 0 radical (unpaired) electrons. The molecule has 218 valence electrons. The van der Waals surface area contributed by atoms with E-state index in [0.29, 0.717) is 6.10 Å². The van der Waals surface area contributed by atoms with Gasteiger partial charge in [-0.3, -0.25) is 0 Å². The predicted octanol–water partition coefficient (Wildman–Crippen LogP) is 12.0. The number of rotatable bonds is 32. The molecule has 0 amide bonds. The molecule has 0 aromatic heterocycles. The fraction of sp³-hybridized carbons (Fsp3) is 1.00. The van der Waals surface area contributed by atoms with E-state index in [1.807, 2.05) is 0 Å². The highest BCUT2D eigenvalue weighted by Crippen LogP contribution is 2.14. The molecule has 0 aliphatic carbocycles. The zero-order chi connectivity index (χ0) is 26.2. The van der Waals surface area contributed by atoms with E-state index in [1.54, 1.807) is 0 Å². The molecule has 0 spiro atoms. The number of hydrogen-bond acceptors (Lipinski definition) is 2. The third-order valence-electron chi connectivity index (χ3n) is 7.75. The molecule has 2 heteroatoms. The minimum Gasteiger partial charge on any atom is -0.379 e. The topological polar surface area (TPSA) is 18.5 Å². The molecule has 0 bridgehead atoms. The Morgan fingerprint density at radius 3 is 1.00 bits per heavy atom. The van der Waals surface area contributed by atoms with Crippen LogP contribution < -0.4 is 0 Å². The summed E-state index contributed by atoms with van der Waals surface area (Å²) in [4.78, 5) is 0. The Bertz CT molecular complexity index is 370. The highest BCUT2D eigenvalue weighted by Gasteiger charge is 2.06. The van der Waals surface area contributed by atoms with Crippen molar-refractivity contribution in [2.45, 2.75) is 200 Å². The second kappa shape index (κ2) is 32.9. The van der Waals surface area contributed by atoms with Gasteiger partial charge in [0.1, 0.15) is 0 Å². The molecule has 0 aromatic rings. The Balaban J connectivity index is 3.25. The molecule has 0 aromatic carbocycles. The number of ether oxygens (including phenoxy) is 2. The smallest absolute Gasteiger partial charge is 0.0805 e. The van der Waals surface area contributed by atoms with Crippen LogP contribution in [0.1, 0.15) is 194 Å². The molecule has 36 heavy (non-hydrogen) atoms. The largest absolute Gasteiger partial charge is 0.379 e. The summed E-state index contributed by atoms with van der Waals surface area (Å²) in [6, 6.07) is 0. The fourth-order valence-corrected chi connectivity index (χ4v) is 5.09. The van der Waals surface area contributed by atoms with Crippen LogP contribution in [0.15, 0.2) is 0 Å². The fourth-order valence-electron chi connectivity index (χ4n) is 5.09. The minimum atomic E-state index is 0.296. The molecule has 0 rings (SSSR count). The van der Waals surface area contributed by atoms with Crippen molar-refractivity contribution in [3.05, 3.63) is 0 Å². The van der Waals surface area contributed by atoms with E-state index >= 15 is 0 Å². The van der Waals surface area contributed by atoms with Crippen LogP contribution in [0.3, 0.4) is 0 Å². The zero-order valence-corrected chi connectivity index (χ0v) is 25.6. The monoisotopic (exact) mass is 511 g/mol. The average Bonchev–Trinajstić information content (AvgIpc) is 2.89. The number of unbranched alkanes of at least 4 members (excludes halogenated alkanes) is 24. The Hall–Kier alpha value is -0.0800. The summed E-state index contributed by atoms with van der Waals surface area (Å²) >= 11 is 0. The molecular formula is C34H70O2. The van der Waals surface area contributed by atoms with E-state index in [9.17, 15) is 0 Å². The van der Waals surface area contributed by atoms with Gasteiger partial charge in [-0.25, -0.2) is 0 Å². The van der Waals surface area contributed by atoms with Gasteiger partial charge >= 0.3 is 0 Å². The highest BCUT2D eigenvalue weighted by molar-refractivity contribution is 4.55. The van der Waals surface area contributed by atoms with Crippen LogP contribution in [0, 0.1) is 0 Å². The molecular weight excluding hydrogens is 440 g/mol. The van der Waals surface area contributed by atoms with E-state index < -0.39 is 0 Å². The van der Waals surface area contributed by atoms with Gasteiger partial charge in [0.15, 0.2) is 0 Å². The standard InChI is InChI=1S/C34H70O2/c1-4-7-9-11-13-15-17-19-21-23-25-27-29-31-35-33-34(6-3)36-32-30-28-26-24-22-20-18-16-14-12-10-8-5-2/h34H,4-33H2,1-3H3. The van der Waals surface area contributed by atoms with Gasteiger partial charge in [0.05, 0.1) is 12.7 Å². The normalized spacial score (nSPS) is 12.4. The highest BCUT2D eigenvalue weighted by atomic mass is 16.5. The molecule has 0 aliphatic heterocycles. The first-order valence-corrected chi connectivity index (χ1v) is 17.0. The molecule has 2 nitrogen and oxygen atoms in total. The Morgan fingerprint density at radius 2 is 0.667 bits per heavy atom. The maximum absolute atomic E-state index is 6.09. The Kier molecular flexibility index (Phi) is 32.9. The van der Waals surface area contributed by atoms with Crippen LogP contribution in [-0.4, -0.2) is 25.9 Å². The van der Waals surface area contributed by atoms with Crippen molar-refractivity contribution in [1.82, 2.24) is 0 Å².